The van der Waals surface area contributed by atoms with Crippen LogP contribution < -0.4 is 4.74 Å². The molecule has 156 valence electrons. The van der Waals surface area contributed by atoms with Gasteiger partial charge in [-0.1, -0.05) is 42.5 Å². The summed E-state index contributed by atoms with van der Waals surface area (Å²) < 4.78 is 5.45. The van der Waals surface area contributed by atoms with Gasteiger partial charge in [-0.3, -0.25) is 0 Å². The molecule has 5 rings (SSSR count). The number of nitrogens with zero attached hydrogens (tertiary/aromatic N) is 2. The van der Waals surface area contributed by atoms with Crippen LogP contribution in [0.5, 0.6) is 5.75 Å². The molecule has 0 saturated heterocycles. The smallest absolute Gasteiger partial charge is 0.142 e. The van der Waals surface area contributed by atoms with Crippen molar-refractivity contribution in [1.82, 2.24) is 15.0 Å². The van der Waals surface area contributed by atoms with Gasteiger partial charge in [-0.05, 0) is 66.5 Å². The van der Waals surface area contributed by atoms with Gasteiger partial charge >= 0.3 is 0 Å². The van der Waals surface area contributed by atoms with Gasteiger partial charge in [0.2, 0.25) is 0 Å². The lowest BCUT2D eigenvalue weighted by Gasteiger charge is -2.06. The van der Waals surface area contributed by atoms with E-state index in [2.05, 4.69) is 52.6 Å². The highest BCUT2D eigenvalue weighted by Crippen LogP contribution is 2.27. The molecule has 0 amide bonds. The normalized spacial score (nSPS) is 12.4. The summed E-state index contributed by atoms with van der Waals surface area (Å²) in [5.41, 5.74) is 7.69. The molecule has 0 saturated carbocycles. The summed E-state index contributed by atoms with van der Waals surface area (Å²) in [6.45, 7) is 0. The molecule has 4 heteroatoms. The summed E-state index contributed by atoms with van der Waals surface area (Å²) in [5.74, 6) is 1.82. The van der Waals surface area contributed by atoms with Gasteiger partial charge in [-0.25, -0.2) is 9.97 Å². The first-order chi connectivity index (χ1) is 15.3. The molecule has 0 bridgehead atoms. The van der Waals surface area contributed by atoms with Gasteiger partial charge in [0.05, 0.1) is 12.6 Å². The molecule has 0 spiro atoms. The van der Waals surface area contributed by atoms with E-state index in [-0.39, 0.29) is 0 Å². The lowest BCUT2D eigenvalue weighted by molar-refractivity contribution is 0.419. The summed E-state index contributed by atoms with van der Waals surface area (Å²) >= 11 is 0. The fourth-order valence-electron chi connectivity index (χ4n) is 4.43. The minimum absolute atomic E-state index is 0.883. The fraction of sp³-hybridized carbons (Fsp3) is 0.259. The number of allylic oxidation sites excluding steroid dienone is 1. The first-order valence-electron chi connectivity index (χ1n) is 11.0. The third kappa shape index (κ3) is 4.24. The van der Waals surface area contributed by atoms with Gasteiger partial charge < -0.3 is 9.72 Å². The Morgan fingerprint density at radius 2 is 2.00 bits per heavy atom. The van der Waals surface area contributed by atoms with Crippen LogP contribution in [0.3, 0.4) is 0 Å². The summed E-state index contributed by atoms with van der Waals surface area (Å²) in [7, 11) is 1.71. The monoisotopic (exact) mass is 409 g/mol. The quantitative estimate of drug-likeness (QED) is 0.418. The van der Waals surface area contributed by atoms with Crippen LogP contribution in [0.2, 0.25) is 0 Å². The molecule has 2 aromatic heterocycles. The maximum absolute atomic E-state index is 5.45. The predicted octanol–water partition coefficient (Wildman–Crippen LogP) is 5.50. The Hall–Kier alpha value is -3.40. The first-order valence-corrected chi connectivity index (χ1v) is 11.0. The Morgan fingerprint density at radius 3 is 2.94 bits per heavy atom. The van der Waals surface area contributed by atoms with Crippen LogP contribution in [0.1, 0.15) is 40.2 Å². The van der Waals surface area contributed by atoms with Crippen molar-refractivity contribution in [2.24, 2.45) is 0 Å². The van der Waals surface area contributed by atoms with Gasteiger partial charge in [0, 0.05) is 29.9 Å². The standard InChI is InChI=1S/C27H27N3O/c1-31-25-9-4-8-24-22(18-29-27(24)25)7-3-10-26-28-16-15-23(30-26)14-12-19-11-13-20-5-2-6-21(20)17-19/h2,4,6,8-9,11,13,15-18,29H,3,5,7,10,12,14H2,1H3. The van der Waals surface area contributed by atoms with Gasteiger partial charge in [-0.2, -0.15) is 0 Å². The number of methoxy groups -OCH3 is 1. The van der Waals surface area contributed by atoms with Crippen LogP contribution in [0.25, 0.3) is 17.0 Å². The highest BCUT2D eigenvalue weighted by atomic mass is 16.5. The number of hydrogen-bond acceptors (Lipinski definition) is 3. The second-order valence-corrected chi connectivity index (χ2v) is 8.15. The molecule has 2 aromatic carbocycles. The van der Waals surface area contributed by atoms with Crippen molar-refractivity contribution in [1.29, 1.82) is 0 Å². The number of rotatable bonds is 8. The summed E-state index contributed by atoms with van der Waals surface area (Å²) in [4.78, 5) is 12.7. The van der Waals surface area contributed by atoms with Crippen molar-refractivity contribution < 1.29 is 4.74 Å². The zero-order valence-electron chi connectivity index (χ0n) is 17.9. The van der Waals surface area contributed by atoms with Crippen LogP contribution in [-0.2, 0) is 32.1 Å². The number of H-pyrrole nitrogens is 1. The maximum Gasteiger partial charge on any atom is 0.142 e. The average molecular weight is 410 g/mol. The van der Waals surface area contributed by atoms with Crippen LogP contribution in [0.4, 0.5) is 0 Å². The largest absolute Gasteiger partial charge is 0.495 e. The molecule has 0 unspecified atom stereocenters. The number of nitrogens with one attached hydrogen (secondary N) is 1. The molecule has 4 aromatic rings. The lowest BCUT2D eigenvalue weighted by atomic mass is 10.0. The summed E-state index contributed by atoms with van der Waals surface area (Å²) in [6, 6.07) is 15.1. The topological polar surface area (TPSA) is 50.8 Å². The Balaban J connectivity index is 1.19. The van der Waals surface area contributed by atoms with Gasteiger partial charge in [0.15, 0.2) is 0 Å². The Labute approximate surface area is 183 Å². The summed E-state index contributed by atoms with van der Waals surface area (Å²) in [6.07, 6.45) is 14.4. The molecule has 0 radical (unpaired) electrons. The molecule has 1 N–H and O–H groups in total. The van der Waals surface area contributed by atoms with E-state index in [0.29, 0.717) is 0 Å². The highest BCUT2D eigenvalue weighted by molar-refractivity contribution is 5.88. The third-order valence-corrected chi connectivity index (χ3v) is 6.11. The van der Waals surface area contributed by atoms with E-state index in [9.17, 15) is 0 Å². The number of benzene rings is 2. The molecule has 0 aliphatic heterocycles. The van der Waals surface area contributed by atoms with E-state index < -0.39 is 0 Å². The molecular formula is C27H27N3O. The van der Waals surface area contributed by atoms with Crippen LogP contribution >= 0.6 is 0 Å². The van der Waals surface area contributed by atoms with Crippen LogP contribution in [0, 0.1) is 0 Å². The molecule has 4 nitrogen and oxygen atoms in total. The zero-order chi connectivity index (χ0) is 21.0. The van der Waals surface area contributed by atoms with E-state index in [4.69, 9.17) is 9.72 Å². The van der Waals surface area contributed by atoms with E-state index in [1.165, 1.54) is 27.6 Å². The summed E-state index contributed by atoms with van der Waals surface area (Å²) in [5, 5.41) is 1.23. The number of aromatic nitrogens is 3. The highest BCUT2D eigenvalue weighted by Gasteiger charge is 2.09. The molecule has 0 fully saturated rings. The van der Waals surface area contributed by atoms with Crippen molar-refractivity contribution in [3.8, 4) is 5.75 Å². The number of hydrogen-bond donors (Lipinski definition) is 1. The van der Waals surface area contributed by atoms with Gasteiger partial charge in [-0.15, -0.1) is 0 Å². The van der Waals surface area contributed by atoms with E-state index in [1.807, 2.05) is 24.4 Å². The molecule has 1 aliphatic rings. The zero-order valence-corrected chi connectivity index (χ0v) is 17.9. The first kappa shape index (κ1) is 19.6. The van der Waals surface area contributed by atoms with Crippen molar-refractivity contribution in [3.63, 3.8) is 0 Å². The Kier molecular flexibility index (Phi) is 5.53. The predicted molar refractivity (Wildman–Crippen MR) is 125 cm³/mol. The number of aryl methyl sites for hydroxylation is 4. The van der Waals surface area contributed by atoms with E-state index >= 15 is 0 Å². The second-order valence-electron chi connectivity index (χ2n) is 8.15. The molecule has 1 aliphatic carbocycles. The maximum atomic E-state index is 5.45. The van der Waals surface area contributed by atoms with Crippen LogP contribution in [0.15, 0.2) is 60.9 Å². The minimum atomic E-state index is 0.883. The second kappa shape index (κ2) is 8.76. The molecule has 0 atom stereocenters. The van der Waals surface area contributed by atoms with E-state index in [0.717, 1.165) is 61.3 Å². The number of para-hydroxylation sites is 1. The lowest BCUT2D eigenvalue weighted by Crippen LogP contribution is -2.02. The third-order valence-electron chi connectivity index (χ3n) is 6.11. The molecule has 31 heavy (non-hydrogen) atoms. The minimum Gasteiger partial charge on any atom is -0.495 e. The van der Waals surface area contributed by atoms with Crippen molar-refractivity contribution >= 4 is 17.0 Å². The molecule has 2 heterocycles. The SMILES string of the molecule is COc1cccc2c(CCCc3nccc(CCc4ccc5c(c4)C=CC5)n3)c[nH]c12. The van der Waals surface area contributed by atoms with Gasteiger partial charge in [0.1, 0.15) is 11.6 Å². The average Bonchev–Trinajstić information content (AvgIpc) is 3.44. The van der Waals surface area contributed by atoms with Crippen molar-refractivity contribution in [2.75, 3.05) is 7.11 Å². The Morgan fingerprint density at radius 1 is 1.03 bits per heavy atom. The molecular weight excluding hydrogens is 382 g/mol. The number of ether oxygens (including phenoxy) is 1. The Bertz CT molecular complexity index is 1240. The van der Waals surface area contributed by atoms with Crippen LogP contribution in [-0.4, -0.2) is 22.1 Å². The van der Waals surface area contributed by atoms with Gasteiger partial charge in [0.25, 0.3) is 0 Å². The fourth-order valence-corrected chi connectivity index (χ4v) is 4.43. The van der Waals surface area contributed by atoms with E-state index in [1.54, 1.807) is 7.11 Å². The number of aromatic amines is 1. The van der Waals surface area contributed by atoms with Crippen molar-refractivity contribution in [2.45, 2.75) is 38.5 Å². The number of fused-ring (bicyclic) bond motifs is 2. The van der Waals surface area contributed by atoms with Crippen molar-refractivity contribution in [3.05, 3.63) is 94.7 Å².